The number of rotatable bonds is 4. The minimum atomic E-state index is -0.320. The summed E-state index contributed by atoms with van der Waals surface area (Å²) in [5.41, 5.74) is 0.844. The average molecular weight is 378 g/mol. The van der Waals surface area contributed by atoms with Gasteiger partial charge in [-0.25, -0.2) is 4.98 Å². The first kappa shape index (κ1) is 15.4. The van der Waals surface area contributed by atoms with Crippen LogP contribution in [0.3, 0.4) is 0 Å². The van der Waals surface area contributed by atoms with Crippen molar-refractivity contribution >= 4 is 27.3 Å². The Morgan fingerprint density at radius 2 is 1.95 bits per heavy atom. The van der Waals surface area contributed by atoms with Gasteiger partial charge in [-0.2, -0.15) is 4.98 Å². The van der Waals surface area contributed by atoms with Crippen LogP contribution in [-0.2, 0) is 5.41 Å². The van der Waals surface area contributed by atoms with Crippen LogP contribution in [0.15, 0.2) is 44.8 Å². The monoisotopic (exact) mass is 377 g/mol. The Labute approximate surface area is 141 Å². The third kappa shape index (κ3) is 2.61. The highest BCUT2D eigenvalue weighted by Gasteiger charge is 2.37. The van der Waals surface area contributed by atoms with Gasteiger partial charge in [0.1, 0.15) is 0 Å². The predicted molar refractivity (Wildman–Crippen MR) is 90.8 cm³/mol. The fourth-order valence-electron chi connectivity index (χ4n) is 2.37. The summed E-state index contributed by atoms with van der Waals surface area (Å²) in [6, 6.07) is 8.28. The van der Waals surface area contributed by atoms with Gasteiger partial charge in [-0.15, -0.1) is 11.3 Å². The van der Waals surface area contributed by atoms with Crippen LogP contribution in [0.2, 0.25) is 0 Å². The van der Waals surface area contributed by atoms with Crippen molar-refractivity contribution in [3.8, 4) is 10.9 Å². The quantitative estimate of drug-likeness (QED) is 0.647. The van der Waals surface area contributed by atoms with Crippen LogP contribution in [0.25, 0.3) is 10.9 Å². The number of benzene rings is 1. The average Bonchev–Trinajstić information content (AvgIpc) is 3.18. The van der Waals surface area contributed by atoms with E-state index in [4.69, 9.17) is 4.52 Å². The van der Waals surface area contributed by atoms with E-state index in [-0.39, 0.29) is 5.41 Å². The van der Waals surface area contributed by atoms with Crippen LogP contribution in [0.1, 0.15) is 32.2 Å². The van der Waals surface area contributed by atoms with E-state index >= 15 is 0 Å². The molecule has 0 amide bonds. The maximum absolute atomic E-state index is 5.43. The van der Waals surface area contributed by atoms with E-state index in [0.29, 0.717) is 17.6 Å². The van der Waals surface area contributed by atoms with Crippen LogP contribution in [0.5, 0.6) is 0 Å². The first-order chi connectivity index (χ1) is 10.5. The molecule has 0 radical (unpaired) electrons. The van der Waals surface area contributed by atoms with Crippen molar-refractivity contribution in [3.63, 3.8) is 0 Å². The standard InChI is InChI=1S/C16H16BrN3OS/c1-10(2)16(3,11-4-6-12(17)7-5-11)15-19-13(21-20-15)14-18-8-9-22-14/h4-10H,1-3H3. The molecule has 2 aromatic heterocycles. The first-order valence-corrected chi connectivity index (χ1v) is 8.69. The molecule has 3 rings (SSSR count). The van der Waals surface area contributed by atoms with E-state index in [9.17, 15) is 0 Å². The number of hydrogen-bond donors (Lipinski definition) is 0. The number of nitrogens with zero attached hydrogens (tertiary/aromatic N) is 3. The second-order valence-corrected chi connectivity index (χ2v) is 7.43. The van der Waals surface area contributed by atoms with Gasteiger partial charge in [-0.05, 0) is 30.5 Å². The Kier molecular flexibility index (Phi) is 4.14. The molecule has 0 fully saturated rings. The Balaban J connectivity index is 2.06. The highest BCUT2D eigenvalue weighted by atomic mass is 79.9. The second-order valence-electron chi connectivity index (χ2n) is 5.62. The summed E-state index contributed by atoms with van der Waals surface area (Å²) in [5, 5.41) is 6.88. The van der Waals surface area contributed by atoms with Gasteiger partial charge in [0.15, 0.2) is 10.8 Å². The highest BCUT2D eigenvalue weighted by molar-refractivity contribution is 9.10. The number of thiazole rings is 1. The maximum atomic E-state index is 5.43. The zero-order valence-corrected chi connectivity index (χ0v) is 15.0. The summed E-state index contributed by atoms with van der Waals surface area (Å²) in [5.74, 6) is 1.49. The zero-order chi connectivity index (χ0) is 15.7. The fraction of sp³-hybridized carbons (Fsp3) is 0.312. The van der Waals surface area contributed by atoms with Crippen LogP contribution < -0.4 is 0 Å². The topological polar surface area (TPSA) is 51.8 Å². The van der Waals surface area contributed by atoms with Gasteiger partial charge in [0.2, 0.25) is 0 Å². The summed E-state index contributed by atoms with van der Waals surface area (Å²) in [6.45, 7) is 6.49. The molecule has 1 aromatic carbocycles. The fourth-order valence-corrected chi connectivity index (χ4v) is 3.19. The molecule has 0 N–H and O–H groups in total. The Hall–Kier alpha value is -1.53. The largest absolute Gasteiger partial charge is 0.331 e. The van der Waals surface area contributed by atoms with Crippen molar-refractivity contribution in [1.82, 2.24) is 15.1 Å². The lowest BCUT2D eigenvalue weighted by atomic mass is 9.73. The Morgan fingerprint density at radius 1 is 1.23 bits per heavy atom. The van der Waals surface area contributed by atoms with E-state index in [1.165, 1.54) is 11.3 Å². The van der Waals surface area contributed by atoms with E-state index in [2.05, 4.69) is 64.0 Å². The van der Waals surface area contributed by atoms with Gasteiger partial charge in [0.05, 0.1) is 5.41 Å². The Bertz CT molecular complexity index is 752. The SMILES string of the molecule is CC(C)C(C)(c1ccc(Br)cc1)c1noc(-c2nccs2)n1. The lowest BCUT2D eigenvalue weighted by Crippen LogP contribution is -2.31. The van der Waals surface area contributed by atoms with Crippen molar-refractivity contribution < 1.29 is 4.52 Å². The van der Waals surface area contributed by atoms with Crippen molar-refractivity contribution in [2.24, 2.45) is 5.92 Å². The number of hydrogen-bond acceptors (Lipinski definition) is 5. The summed E-state index contributed by atoms with van der Waals surface area (Å²) >= 11 is 4.97. The summed E-state index contributed by atoms with van der Waals surface area (Å²) in [6.07, 6.45) is 1.74. The lowest BCUT2D eigenvalue weighted by Gasteiger charge is -2.31. The van der Waals surface area contributed by atoms with Crippen LogP contribution in [0.4, 0.5) is 0 Å². The van der Waals surface area contributed by atoms with E-state index < -0.39 is 0 Å². The molecule has 0 saturated heterocycles. The van der Waals surface area contributed by atoms with Gasteiger partial charge >= 0.3 is 0 Å². The molecule has 4 nitrogen and oxygen atoms in total. The molecule has 0 spiro atoms. The van der Waals surface area contributed by atoms with Gasteiger partial charge in [0.25, 0.3) is 5.89 Å². The van der Waals surface area contributed by atoms with Crippen molar-refractivity contribution in [3.05, 3.63) is 51.7 Å². The zero-order valence-electron chi connectivity index (χ0n) is 12.6. The molecule has 1 unspecified atom stereocenters. The number of aromatic nitrogens is 3. The van der Waals surface area contributed by atoms with E-state index in [0.717, 1.165) is 15.0 Å². The van der Waals surface area contributed by atoms with Crippen LogP contribution in [0, 0.1) is 5.92 Å². The molecule has 1 atom stereocenters. The molecule has 0 aliphatic carbocycles. The summed E-state index contributed by atoms with van der Waals surface area (Å²) in [7, 11) is 0. The summed E-state index contributed by atoms with van der Waals surface area (Å²) in [4.78, 5) is 8.83. The van der Waals surface area contributed by atoms with Crippen LogP contribution in [-0.4, -0.2) is 15.1 Å². The smallest absolute Gasteiger partial charge is 0.286 e. The molecule has 2 heterocycles. The lowest BCUT2D eigenvalue weighted by molar-refractivity contribution is 0.350. The van der Waals surface area contributed by atoms with Crippen molar-refractivity contribution in [2.75, 3.05) is 0 Å². The minimum absolute atomic E-state index is 0.315. The van der Waals surface area contributed by atoms with E-state index in [1.807, 2.05) is 17.5 Å². The van der Waals surface area contributed by atoms with Crippen molar-refractivity contribution in [1.29, 1.82) is 0 Å². The third-order valence-electron chi connectivity index (χ3n) is 4.10. The Morgan fingerprint density at radius 3 is 2.55 bits per heavy atom. The normalized spacial score (nSPS) is 14.2. The van der Waals surface area contributed by atoms with Gasteiger partial charge in [0, 0.05) is 16.0 Å². The molecule has 0 bridgehead atoms. The molecule has 114 valence electrons. The molecule has 3 aromatic rings. The predicted octanol–water partition coefficient (Wildman–Crippen LogP) is 4.92. The first-order valence-electron chi connectivity index (χ1n) is 7.02. The summed E-state index contributed by atoms with van der Waals surface area (Å²) < 4.78 is 6.48. The van der Waals surface area contributed by atoms with E-state index in [1.54, 1.807) is 6.20 Å². The maximum Gasteiger partial charge on any atom is 0.286 e. The van der Waals surface area contributed by atoms with Crippen LogP contribution >= 0.6 is 27.3 Å². The number of halogens is 1. The van der Waals surface area contributed by atoms with Crippen molar-refractivity contribution in [2.45, 2.75) is 26.2 Å². The van der Waals surface area contributed by atoms with Gasteiger partial charge in [-0.1, -0.05) is 47.1 Å². The third-order valence-corrected chi connectivity index (χ3v) is 5.39. The van der Waals surface area contributed by atoms with Gasteiger partial charge < -0.3 is 4.52 Å². The minimum Gasteiger partial charge on any atom is -0.331 e. The second kappa shape index (κ2) is 5.93. The molecule has 6 heteroatoms. The molecular weight excluding hydrogens is 362 g/mol. The molecule has 0 aliphatic rings. The molecule has 22 heavy (non-hydrogen) atoms. The van der Waals surface area contributed by atoms with Gasteiger partial charge in [-0.3, -0.25) is 0 Å². The highest BCUT2D eigenvalue weighted by Crippen LogP contribution is 2.38. The molecular formula is C16H16BrN3OS. The molecule has 0 aliphatic heterocycles. The molecule has 0 saturated carbocycles.